The van der Waals surface area contributed by atoms with Crippen molar-refractivity contribution in [2.75, 3.05) is 0 Å². The molecule has 9 aromatic rings. The molecule has 1 heterocycles. The summed E-state index contributed by atoms with van der Waals surface area (Å²) in [7, 11) is 0. The van der Waals surface area contributed by atoms with Crippen LogP contribution in [-0.2, 0) is 0 Å². The third-order valence-electron chi connectivity index (χ3n) is 9.69. The van der Waals surface area contributed by atoms with Crippen LogP contribution in [0, 0.1) is 22.7 Å². The Bertz CT molecular complexity index is 2740. The normalized spacial score (nSPS) is 11.2. The van der Waals surface area contributed by atoms with Gasteiger partial charge in [0.2, 0.25) is 0 Å². The second-order valence-corrected chi connectivity index (χ2v) is 12.2. The van der Waals surface area contributed by atoms with Gasteiger partial charge in [-0.2, -0.15) is 10.5 Å². The summed E-state index contributed by atoms with van der Waals surface area (Å²) >= 11 is 0. The minimum absolute atomic E-state index is 0.516. The largest absolute Gasteiger partial charge is 0.309 e. The highest BCUT2D eigenvalue weighted by molar-refractivity contribution is 6.22. The highest BCUT2D eigenvalue weighted by Gasteiger charge is 2.24. The van der Waals surface area contributed by atoms with Crippen molar-refractivity contribution >= 4 is 43.4 Å². The smallest absolute Gasteiger partial charge is 0.100 e. The number of nitriles is 2. The maximum atomic E-state index is 11.1. The molecule has 0 bridgehead atoms. The number of nitrogens with zero attached hydrogens (tertiary/aromatic N) is 3. The zero-order chi connectivity index (χ0) is 32.9. The van der Waals surface area contributed by atoms with E-state index < -0.39 is 0 Å². The first-order valence-corrected chi connectivity index (χ1v) is 16.3. The maximum absolute atomic E-state index is 11.1. The van der Waals surface area contributed by atoms with Crippen molar-refractivity contribution in [1.82, 2.24) is 4.57 Å². The van der Waals surface area contributed by atoms with Gasteiger partial charge >= 0.3 is 0 Å². The van der Waals surface area contributed by atoms with Crippen molar-refractivity contribution in [2.45, 2.75) is 0 Å². The minimum atomic E-state index is 0.516. The summed E-state index contributed by atoms with van der Waals surface area (Å²) in [6.07, 6.45) is 0. The number of fused-ring (bicyclic) bond motifs is 5. The maximum Gasteiger partial charge on any atom is 0.100 e. The van der Waals surface area contributed by atoms with Crippen LogP contribution >= 0.6 is 0 Å². The third kappa shape index (κ3) is 4.27. The summed E-state index contributed by atoms with van der Waals surface area (Å²) < 4.78 is 2.23. The lowest BCUT2D eigenvalue weighted by Crippen LogP contribution is -2.01. The number of aromatic nitrogens is 1. The fraction of sp³-hybridized carbons (Fsp3) is 0. The highest BCUT2D eigenvalue weighted by Crippen LogP contribution is 2.46. The predicted molar refractivity (Wildman–Crippen MR) is 202 cm³/mol. The molecule has 0 atom stereocenters. The van der Waals surface area contributed by atoms with E-state index in [-0.39, 0.29) is 0 Å². The van der Waals surface area contributed by atoms with Crippen molar-refractivity contribution in [1.29, 1.82) is 10.5 Å². The molecule has 1 aromatic heterocycles. The molecule has 3 heteroatoms. The van der Waals surface area contributed by atoms with Crippen LogP contribution in [0.1, 0.15) is 11.1 Å². The Morgan fingerprint density at radius 2 is 0.837 bits per heavy atom. The first-order valence-electron chi connectivity index (χ1n) is 16.3. The summed E-state index contributed by atoms with van der Waals surface area (Å²) in [5.41, 5.74) is 9.65. The quantitative estimate of drug-likeness (QED) is 0.184. The van der Waals surface area contributed by atoms with Crippen LogP contribution < -0.4 is 0 Å². The topological polar surface area (TPSA) is 52.5 Å². The van der Waals surface area contributed by atoms with E-state index in [1.165, 1.54) is 5.56 Å². The summed E-state index contributed by atoms with van der Waals surface area (Å²) in [6, 6.07) is 61.1. The molecule has 0 aliphatic carbocycles. The zero-order valence-corrected chi connectivity index (χ0v) is 26.4. The molecule has 49 heavy (non-hydrogen) atoms. The van der Waals surface area contributed by atoms with Crippen molar-refractivity contribution < 1.29 is 0 Å². The lowest BCUT2D eigenvalue weighted by Gasteiger charge is -2.20. The number of hydrogen-bond donors (Lipinski definition) is 0. The lowest BCUT2D eigenvalue weighted by atomic mass is 9.83. The molecule has 0 unspecified atom stereocenters. The Kier molecular flexibility index (Phi) is 6.58. The van der Waals surface area contributed by atoms with Gasteiger partial charge in [-0.3, -0.25) is 0 Å². The Hall–Kier alpha value is -6.94. The Morgan fingerprint density at radius 3 is 1.39 bits per heavy atom. The molecule has 0 saturated heterocycles. The standard InChI is InChI=1S/C46H27N3/c47-28-31-16-12-27-43(49-41-25-10-8-17-32(41)33-18-9-11-26-42(33)49)45(31)38-23-13-24-39(40(38)29-48)46-36-21-6-4-19-34(36)44(30-14-2-1-3-15-30)35-20-5-7-22-37(35)46/h1-27H. The van der Waals surface area contributed by atoms with Gasteiger partial charge in [0.15, 0.2) is 0 Å². The van der Waals surface area contributed by atoms with Crippen molar-refractivity contribution in [3.63, 3.8) is 0 Å². The number of hydrogen-bond acceptors (Lipinski definition) is 2. The van der Waals surface area contributed by atoms with Crippen molar-refractivity contribution in [2.24, 2.45) is 0 Å². The molecule has 0 spiro atoms. The van der Waals surface area contributed by atoms with Gasteiger partial charge in [-0.15, -0.1) is 0 Å². The van der Waals surface area contributed by atoms with Gasteiger partial charge in [-0.05, 0) is 62.5 Å². The van der Waals surface area contributed by atoms with Gasteiger partial charge in [0.1, 0.15) is 6.07 Å². The molecule has 0 aliphatic heterocycles. The minimum Gasteiger partial charge on any atom is -0.309 e. The van der Waals surface area contributed by atoms with E-state index in [1.54, 1.807) is 0 Å². The van der Waals surface area contributed by atoms with Crippen LogP contribution in [0.15, 0.2) is 164 Å². The lowest BCUT2D eigenvalue weighted by molar-refractivity contribution is 1.18. The van der Waals surface area contributed by atoms with Crippen LogP contribution in [0.25, 0.3) is 82.4 Å². The molecule has 0 aliphatic rings. The molecule has 8 aromatic carbocycles. The molecule has 9 rings (SSSR count). The Balaban J connectivity index is 1.39. The van der Waals surface area contributed by atoms with E-state index in [4.69, 9.17) is 0 Å². The molecule has 0 N–H and O–H groups in total. The predicted octanol–water partition coefficient (Wildman–Crippen LogP) is 11.8. The Morgan fingerprint density at radius 1 is 0.367 bits per heavy atom. The fourth-order valence-electron chi connectivity index (χ4n) is 7.71. The summed E-state index contributed by atoms with van der Waals surface area (Å²) in [5.74, 6) is 0. The average Bonchev–Trinajstić information content (AvgIpc) is 3.51. The van der Waals surface area contributed by atoms with Gasteiger partial charge < -0.3 is 4.57 Å². The number of para-hydroxylation sites is 2. The van der Waals surface area contributed by atoms with Crippen LogP contribution in [-0.4, -0.2) is 4.57 Å². The SMILES string of the molecule is N#Cc1cccc(-n2c3ccccc3c3ccccc32)c1-c1cccc(-c2c3ccccc3c(-c3ccccc3)c3ccccc23)c1C#N. The van der Waals surface area contributed by atoms with Gasteiger partial charge in [0.05, 0.1) is 33.9 Å². The van der Waals surface area contributed by atoms with Crippen LogP contribution in [0.2, 0.25) is 0 Å². The molecule has 0 amide bonds. The molecule has 0 saturated carbocycles. The highest BCUT2D eigenvalue weighted by atomic mass is 15.0. The summed E-state index contributed by atoms with van der Waals surface area (Å²) in [4.78, 5) is 0. The second-order valence-electron chi connectivity index (χ2n) is 12.2. The van der Waals surface area contributed by atoms with E-state index in [0.29, 0.717) is 11.1 Å². The molecule has 3 nitrogen and oxygen atoms in total. The average molecular weight is 622 g/mol. The second kappa shape index (κ2) is 11.4. The summed E-state index contributed by atoms with van der Waals surface area (Å²) in [5, 5.41) is 28.3. The fourth-order valence-corrected chi connectivity index (χ4v) is 7.71. The van der Waals surface area contributed by atoms with Crippen LogP contribution in [0.5, 0.6) is 0 Å². The van der Waals surface area contributed by atoms with E-state index >= 15 is 0 Å². The van der Waals surface area contributed by atoms with E-state index in [0.717, 1.165) is 76.9 Å². The van der Waals surface area contributed by atoms with Crippen LogP contribution in [0.4, 0.5) is 0 Å². The summed E-state index contributed by atoms with van der Waals surface area (Å²) in [6.45, 7) is 0. The first-order chi connectivity index (χ1) is 24.3. The molecule has 226 valence electrons. The molecular formula is C46H27N3. The zero-order valence-electron chi connectivity index (χ0n) is 26.4. The van der Waals surface area contributed by atoms with Crippen molar-refractivity contribution in [3.05, 3.63) is 175 Å². The number of rotatable bonds is 4. The first kappa shape index (κ1) is 28.3. The van der Waals surface area contributed by atoms with Crippen molar-refractivity contribution in [3.8, 4) is 51.2 Å². The monoisotopic (exact) mass is 621 g/mol. The van der Waals surface area contributed by atoms with E-state index in [2.05, 4.69) is 132 Å². The molecule has 0 radical (unpaired) electrons. The van der Waals surface area contributed by atoms with E-state index in [9.17, 15) is 10.5 Å². The molecule has 0 fully saturated rings. The van der Waals surface area contributed by atoms with Gasteiger partial charge in [0, 0.05) is 27.5 Å². The third-order valence-corrected chi connectivity index (χ3v) is 9.69. The van der Waals surface area contributed by atoms with Crippen LogP contribution in [0.3, 0.4) is 0 Å². The number of benzene rings is 8. The Labute approximate surface area is 283 Å². The van der Waals surface area contributed by atoms with Gasteiger partial charge in [-0.1, -0.05) is 140 Å². The molecular weight excluding hydrogens is 595 g/mol. The van der Waals surface area contributed by atoms with Gasteiger partial charge in [0.25, 0.3) is 0 Å². The van der Waals surface area contributed by atoms with E-state index in [1.807, 2.05) is 48.5 Å². The van der Waals surface area contributed by atoms with Gasteiger partial charge in [-0.25, -0.2) is 0 Å².